The first-order valence-corrected chi connectivity index (χ1v) is 4.25. The Morgan fingerprint density at radius 1 is 1.54 bits per heavy atom. The second-order valence-electron chi connectivity index (χ2n) is 2.60. The van der Waals surface area contributed by atoms with E-state index in [0.717, 1.165) is 5.56 Å². The largest absolute Gasteiger partial charge is 0.271 e. The number of nitrogens with two attached hydrogens (primary N) is 1. The maximum atomic E-state index is 8.53. The molecule has 13 heavy (non-hydrogen) atoms. The number of halogens is 1. The molecule has 0 aliphatic carbocycles. The van der Waals surface area contributed by atoms with Crippen LogP contribution in [0.25, 0.3) is 0 Å². The van der Waals surface area contributed by atoms with Gasteiger partial charge in [-0.25, -0.2) is 0 Å². The van der Waals surface area contributed by atoms with Crippen LogP contribution in [0.1, 0.15) is 18.0 Å². The molecule has 0 aromatic heterocycles. The third-order valence-corrected chi connectivity index (χ3v) is 2.12. The van der Waals surface area contributed by atoms with Gasteiger partial charge in [0.2, 0.25) is 0 Å². The molecule has 0 radical (unpaired) electrons. The van der Waals surface area contributed by atoms with Gasteiger partial charge in [0.05, 0.1) is 18.5 Å². The Morgan fingerprint density at radius 2 is 2.23 bits per heavy atom. The lowest BCUT2D eigenvalue weighted by Crippen LogP contribution is -2.27. The molecule has 0 saturated heterocycles. The molecule has 1 aromatic rings. The second kappa shape index (κ2) is 4.83. The van der Waals surface area contributed by atoms with Crippen molar-refractivity contribution >= 4 is 11.6 Å². The number of hydrogen-bond acceptors (Lipinski definition) is 3. The summed E-state index contributed by atoms with van der Waals surface area (Å²) in [5.41, 5.74) is 3.41. The predicted octanol–water partition coefficient (Wildman–Crippen LogP) is 1.76. The molecule has 1 rings (SSSR count). The van der Waals surface area contributed by atoms with Crippen molar-refractivity contribution in [3.05, 3.63) is 34.9 Å². The second-order valence-corrected chi connectivity index (χ2v) is 3.01. The standard InChI is InChI=1S/C9H10ClN3/c10-8-4-2-1-3-7(8)9(13-12)5-6-11/h1-4,9,13H,5,12H2/t9-/m1/s1. The molecule has 0 saturated carbocycles. The summed E-state index contributed by atoms with van der Waals surface area (Å²) >= 11 is 5.93. The molecule has 0 bridgehead atoms. The first-order valence-electron chi connectivity index (χ1n) is 3.87. The van der Waals surface area contributed by atoms with Gasteiger partial charge in [-0.05, 0) is 11.6 Å². The minimum absolute atomic E-state index is 0.196. The van der Waals surface area contributed by atoms with Gasteiger partial charge in [0, 0.05) is 5.02 Å². The van der Waals surface area contributed by atoms with Gasteiger partial charge in [-0.3, -0.25) is 11.3 Å². The summed E-state index contributed by atoms with van der Waals surface area (Å²) in [6.07, 6.45) is 0.306. The van der Waals surface area contributed by atoms with E-state index in [1.807, 2.05) is 24.3 Å². The zero-order valence-electron chi connectivity index (χ0n) is 7.00. The highest BCUT2D eigenvalue weighted by atomic mass is 35.5. The topological polar surface area (TPSA) is 61.8 Å². The fourth-order valence-electron chi connectivity index (χ4n) is 1.11. The first-order chi connectivity index (χ1) is 6.29. The zero-order valence-corrected chi connectivity index (χ0v) is 7.75. The summed E-state index contributed by atoms with van der Waals surface area (Å²) in [7, 11) is 0. The van der Waals surface area contributed by atoms with Crippen LogP contribution in [0.2, 0.25) is 5.02 Å². The molecule has 0 aliphatic heterocycles. The minimum atomic E-state index is -0.196. The number of nitrogens with zero attached hydrogens (tertiary/aromatic N) is 1. The zero-order chi connectivity index (χ0) is 9.68. The van der Waals surface area contributed by atoms with E-state index in [0.29, 0.717) is 11.4 Å². The number of rotatable bonds is 3. The summed E-state index contributed by atoms with van der Waals surface area (Å²) < 4.78 is 0. The SMILES string of the molecule is N#CC[C@@H](NN)c1ccccc1Cl. The van der Waals surface area contributed by atoms with Crippen molar-refractivity contribution in [3.63, 3.8) is 0 Å². The fraction of sp³-hybridized carbons (Fsp3) is 0.222. The van der Waals surface area contributed by atoms with E-state index in [2.05, 4.69) is 5.43 Å². The highest BCUT2D eigenvalue weighted by molar-refractivity contribution is 6.31. The Morgan fingerprint density at radius 3 is 2.77 bits per heavy atom. The molecule has 0 spiro atoms. The lowest BCUT2D eigenvalue weighted by Gasteiger charge is -2.13. The lowest BCUT2D eigenvalue weighted by molar-refractivity contribution is 0.566. The number of nitriles is 1. The van der Waals surface area contributed by atoms with E-state index in [1.54, 1.807) is 6.07 Å². The molecule has 68 valence electrons. The van der Waals surface area contributed by atoms with Crippen molar-refractivity contribution in [1.29, 1.82) is 5.26 Å². The fourth-order valence-corrected chi connectivity index (χ4v) is 1.38. The van der Waals surface area contributed by atoms with E-state index in [4.69, 9.17) is 22.7 Å². The van der Waals surface area contributed by atoms with E-state index in [9.17, 15) is 0 Å². The van der Waals surface area contributed by atoms with Crippen LogP contribution >= 0.6 is 11.6 Å². The third-order valence-electron chi connectivity index (χ3n) is 1.78. The van der Waals surface area contributed by atoms with E-state index in [1.165, 1.54) is 0 Å². The van der Waals surface area contributed by atoms with Crippen LogP contribution in [0.15, 0.2) is 24.3 Å². The summed E-state index contributed by atoms with van der Waals surface area (Å²) in [5.74, 6) is 5.30. The van der Waals surface area contributed by atoms with E-state index >= 15 is 0 Å². The first kappa shape index (κ1) is 10.0. The third kappa shape index (κ3) is 2.43. The molecule has 3 nitrogen and oxygen atoms in total. The van der Waals surface area contributed by atoms with Gasteiger partial charge in [-0.15, -0.1) is 0 Å². The van der Waals surface area contributed by atoms with E-state index < -0.39 is 0 Å². The Hall–Kier alpha value is -1.08. The molecule has 0 heterocycles. The smallest absolute Gasteiger partial charge is 0.0642 e. The maximum Gasteiger partial charge on any atom is 0.0642 e. The average Bonchev–Trinajstić information content (AvgIpc) is 2.16. The summed E-state index contributed by atoms with van der Waals surface area (Å²) in [4.78, 5) is 0. The van der Waals surface area contributed by atoms with Crippen molar-refractivity contribution in [2.45, 2.75) is 12.5 Å². The Labute approximate surface area is 82.1 Å². The minimum Gasteiger partial charge on any atom is -0.271 e. The summed E-state index contributed by atoms with van der Waals surface area (Å²) in [5, 5.41) is 9.16. The van der Waals surface area contributed by atoms with Crippen molar-refractivity contribution in [1.82, 2.24) is 5.43 Å². The quantitative estimate of drug-likeness (QED) is 0.571. The van der Waals surface area contributed by atoms with Crippen molar-refractivity contribution < 1.29 is 0 Å². The van der Waals surface area contributed by atoms with Crippen LogP contribution in [0.4, 0.5) is 0 Å². The number of hydrazine groups is 1. The molecule has 4 heteroatoms. The van der Waals surface area contributed by atoms with Crippen molar-refractivity contribution in [2.24, 2.45) is 5.84 Å². The van der Waals surface area contributed by atoms with E-state index in [-0.39, 0.29) is 6.04 Å². The van der Waals surface area contributed by atoms with Gasteiger partial charge in [0.25, 0.3) is 0 Å². The molecule has 1 atom stereocenters. The van der Waals surface area contributed by atoms with Crippen molar-refractivity contribution in [3.8, 4) is 6.07 Å². The van der Waals surface area contributed by atoms with Gasteiger partial charge in [0.1, 0.15) is 0 Å². The van der Waals surface area contributed by atoms with Gasteiger partial charge >= 0.3 is 0 Å². The number of hydrogen-bond donors (Lipinski definition) is 2. The van der Waals surface area contributed by atoms with Gasteiger partial charge in [-0.1, -0.05) is 29.8 Å². The molecular formula is C9H10ClN3. The highest BCUT2D eigenvalue weighted by Crippen LogP contribution is 2.23. The average molecular weight is 196 g/mol. The molecule has 0 unspecified atom stereocenters. The molecular weight excluding hydrogens is 186 g/mol. The molecule has 1 aromatic carbocycles. The predicted molar refractivity (Wildman–Crippen MR) is 51.7 cm³/mol. The van der Waals surface area contributed by atoms with Crippen LogP contribution in [-0.4, -0.2) is 0 Å². The van der Waals surface area contributed by atoms with Crippen molar-refractivity contribution in [2.75, 3.05) is 0 Å². The van der Waals surface area contributed by atoms with Crippen LogP contribution in [0, 0.1) is 11.3 Å². The lowest BCUT2D eigenvalue weighted by atomic mass is 10.1. The van der Waals surface area contributed by atoms with Crippen LogP contribution in [0.3, 0.4) is 0 Å². The normalized spacial score (nSPS) is 12.1. The number of nitrogens with one attached hydrogen (secondary N) is 1. The number of benzene rings is 1. The summed E-state index contributed by atoms with van der Waals surface area (Å²) in [6.45, 7) is 0. The van der Waals surface area contributed by atoms with Crippen LogP contribution in [0.5, 0.6) is 0 Å². The molecule has 0 fully saturated rings. The van der Waals surface area contributed by atoms with Gasteiger partial charge < -0.3 is 0 Å². The maximum absolute atomic E-state index is 8.53. The molecule has 3 N–H and O–H groups in total. The Kier molecular flexibility index (Phi) is 3.71. The van der Waals surface area contributed by atoms with Crippen LogP contribution < -0.4 is 11.3 Å². The molecule has 0 aliphatic rings. The Bertz CT molecular complexity index is 319. The highest BCUT2D eigenvalue weighted by Gasteiger charge is 2.11. The summed E-state index contributed by atoms with van der Waals surface area (Å²) in [6, 6.07) is 9.18. The van der Waals surface area contributed by atoms with Gasteiger partial charge in [0.15, 0.2) is 0 Å². The Balaban J connectivity index is 2.92. The monoisotopic (exact) mass is 195 g/mol. The van der Waals surface area contributed by atoms with Gasteiger partial charge in [-0.2, -0.15) is 5.26 Å². The molecule has 0 amide bonds. The van der Waals surface area contributed by atoms with Crippen LogP contribution in [-0.2, 0) is 0 Å².